The fourth-order valence-electron chi connectivity index (χ4n) is 5.43. The number of halogens is 1. The van der Waals surface area contributed by atoms with E-state index in [4.69, 9.17) is 5.11 Å². The SMILES string of the molecule is Cc1ccc(F)c(C2=CC(=O)N([C@H]3CCC[C@@H](C)C(=O)Nc4cc(NC(=O)O)ccc4-c4ccnc3c4)CC2)c1. The molecule has 3 amide bonds. The van der Waals surface area contributed by atoms with Crippen molar-refractivity contribution in [2.75, 3.05) is 17.2 Å². The summed E-state index contributed by atoms with van der Waals surface area (Å²) in [4.78, 5) is 44.1. The van der Waals surface area contributed by atoms with Crippen molar-refractivity contribution in [3.05, 3.63) is 83.4 Å². The van der Waals surface area contributed by atoms with Crippen molar-refractivity contribution in [3.8, 4) is 11.1 Å². The highest BCUT2D eigenvalue weighted by Gasteiger charge is 2.30. The van der Waals surface area contributed by atoms with Gasteiger partial charge in [0.05, 0.1) is 17.4 Å². The first-order valence-electron chi connectivity index (χ1n) is 13.4. The minimum atomic E-state index is -1.20. The van der Waals surface area contributed by atoms with Crippen LogP contribution in [0.25, 0.3) is 16.7 Å². The Bertz CT molecular complexity index is 1520. The van der Waals surface area contributed by atoms with Crippen LogP contribution in [0.5, 0.6) is 0 Å². The summed E-state index contributed by atoms with van der Waals surface area (Å²) in [6.07, 6.45) is 4.44. The number of anilines is 2. The molecule has 0 spiro atoms. The summed E-state index contributed by atoms with van der Waals surface area (Å²) in [5, 5.41) is 14.4. The van der Waals surface area contributed by atoms with E-state index >= 15 is 0 Å². The second-order valence-corrected chi connectivity index (χ2v) is 10.4. The highest BCUT2D eigenvalue weighted by atomic mass is 19.1. The van der Waals surface area contributed by atoms with Gasteiger partial charge in [-0.05, 0) is 73.7 Å². The summed E-state index contributed by atoms with van der Waals surface area (Å²) >= 11 is 0. The maximum Gasteiger partial charge on any atom is 0.409 e. The highest BCUT2D eigenvalue weighted by Crippen LogP contribution is 2.37. The molecular weight excluding hydrogens is 511 g/mol. The van der Waals surface area contributed by atoms with E-state index in [1.807, 2.05) is 26.0 Å². The van der Waals surface area contributed by atoms with E-state index in [0.717, 1.165) is 16.8 Å². The number of benzene rings is 2. The Kier molecular flexibility index (Phi) is 7.64. The second-order valence-electron chi connectivity index (χ2n) is 10.4. The number of nitrogens with zero attached hydrogens (tertiary/aromatic N) is 2. The molecule has 1 aromatic heterocycles. The molecule has 9 heteroatoms. The molecule has 2 bridgehead atoms. The first-order chi connectivity index (χ1) is 19.2. The summed E-state index contributed by atoms with van der Waals surface area (Å²) in [6, 6.07) is 13.3. The quantitative estimate of drug-likeness (QED) is 0.355. The topological polar surface area (TPSA) is 112 Å². The molecule has 2 aliphatic heterocycles. The van der Waals surface area contributed by atoms with Crippen molar-refractivity contribution >= 4 is 34.9 Å². The molecule has 5 rings (SSSR count). The van der Waals surface area contributed by atoms with E-state index in [9.17, 15) is 18.8 Å². The molecule has 206 valence electrons. The van der Waals surface area contributed by atoms with E-state index in [1.54, 1.807) is 41.4 Å². The van der Waals surface area contributed by atoms with Crippen LogP contribution < -0.4 is 10.6 Å². The second kappa shape index (κ2) is 11.3. The summed E-state index contributed by atoms with van der Waals surface area (Å²) < 4.78 is 14.6. The van der Waals surface area contributed by atoms with Gasteiger partial charge < -0.3 is 15.3 Å². The lowest BCUT2D eigenvalue weighted by molar-refractivity contribution is -0.129. The summed E-state index contributed by atoms with van der Waals surface area (Å²) in [6.45, 7) is 4.17. The predicted octanol–water partition coefficient (Wildman–Crippen LogP) is 6.40. The zero-order valence-electron chi connectivity index (χ0n) is 22.4. The number of aromatic nitrogens is 1. The van der Waals surface area contributed by atoms with Crippen LogP contribution >= 0.6 is 0 Å². The zero-order chi connectivity index (χ0) is 28.4. The number of carbonyl (C=O) groups is 3. The first kappa shape index (κ1) is 27.1. The number of amides is 3. The lowest BCUT2D eigenvalue weighted by Crippen LogP contribution is -2.38. The third-order valence-electron chi connectivity index (χ3n) is 7.57. The molecule has 0 radical (unpaired) electrons. The number of pyridine rings is 1. The van der Waals surface area contributed by atoms with E-state index in [1.165, 1.54) is 12.1 Å². The number of carbonyl (C=O) groups excluding carboxylic acids is 2. The van der Waals surface area contributed by atoms with Crippen molar-refractivity contribution in [1.82, 2.24) is 9.88 Å². The normalized spacial score (nSPS) is 19.5. The van der Waals surface area contributed by atoms with Gasteiger partial charge in [-0.3, -0.25) is 19.9 Å². The number of aryl methyl sites for hydroxylation is 1. The number of rotatable bonds is 3. The lowest BCUT2D eigenvalue weighted by atomic mass is 9.92. The number of hydrogen-bond acceptors (Lipinski definition) is 4. The fourth-order valence-corrected chi connectivity index (χ4v) is 5.43. The van der Waals surface area contributed by atoms with E-state index in [-0.39, 0.29) is 29.6 Å². The van der Waals surface area contributed by atoms with Crippen molar-refractivity contribution in [3.63, 3.8) is 0 Å². The minimum Gasteiger partial charge on any atom is -0.465 e. The van der Waals surface area contributed by atoms with Crippen LogP contribution in [0.1, 0.15) is 55.5 Å². The zero-order valence-corrected chi connectivity index (χ0v) is 22.4. The molecule has 0 unspecified atom stereocenters. The summed E-state index contributed by atoms with van der Waals surface area (Å²) in [5.41, 5.74) is 5.11. The standard InChI is InChI=1S/C31H31FN4O4/c1-18-6-9-25(32)24(14-18)21-11-13-36(29(37)16-21)28-5-3-4-19(2)30(38)35-26-17-22(34-31(39)40)7-8-23(26)20-10-12-33-27(28)15-20/h6-10,12,14-17,19,28,34H,3-5,11,13H2,1-2H3,(H,35,38)(H,39,40)/t19-,28+/m1/s1. The molecule has 2 aliphatic rings. The highest BCUT2D eigenvalue weighted by molar-refractivity contribution is 5.99. The van der Waals surface area contributed by atoms with E-state index < -0.39 is 6.09 Å². The van der Waals surface area contributed by atoms with Crippen LogP contribution in [-0.2, 0) is 9.59 Å². The van der Waals surface area contributed by atoms with Crippen LogP contribution in [0.3, 0.4) is 0 Å². The smallest absolute Gasteiger partial charge is 0.409 e. The van der Waals surface area contributed by atoms with Gasteiger partial charge in [-0.1, -0.05) is 31.0 Å². The van der Waals surface area contributed by atoms with Crippen molar-refractivity contribution < 1.29 is 23.9 Å². The molecule has 3 heterocycles. The van der Waals surface area contributed by atoms with Gasteiger partial charge in [-0.25, -0.2) is 9.18 Å². The number of carboxylic acid groups (broad SMARTS) is 1. The average molecular weight is 543 g/mol. The Morgan fingerprint density at radius 3 is 2.70 bits per heavy atom. The predicted molar refractivity (Wildman–Crippen MR) is 151 cm³/mol. The van der Waals surface area contributed by atoms with Crippen LogP contribution in [0.2, 0.25) is 0 Å². The Morgan fingerprint density at radius 2 is 1.93 bits per heavy atom. The van der Waals surface area contributed by atoms with Gasteiger partial charge in [0.15, 0.2) is 0 Å². The first-order valence-corrected chi connectivity index (χ1v) is 13.4. The molecule has 2 atom stereocenters. The molecule has 2 aromatic carbocycles. The Morgan fingerprint density at radius 1 is 1.10 bits per heavy atom. The van der Waals surface area contributed by atoms with Crippen molar-refractivity contribution in [2.24, 2.45) is 5.92 Å². The lowest BCUT2D eigenvalue weighted by Gasteiger charge is -2.34. The van der Waals surface area contributed by atoms with E-state index in [0.29, 0.717) is 60.3 Å². The van der Waals surface area contributed by atoms with Crippen LogP contribution in [0.15, 0.2) is 60.8 Å². The Balaban J connectivity index is 1.52. The largest absolute Gasteiger partial charge is 0.465 e. The summed E-state index contributed by atoms with van der Waals surface area (Å²) in [7, 11) is 0. The van der Waals surface area contributed by atoms with Crippen molar-refractivity contribution in [1.29, 1.82) is 0 Å². The fraction of sp³-hybridized carbons (Fsp3) is 0.290. The molecular formula is C31H31FN4O4. The molecule has 0 aliphatic carbocycles. The molecule has 3 N–H and O–H groups in total. The molecule has 3 aromatic rings. The van der Waals surface area contributed by atoms with Crippen molar-refractivity contribution in [2.45, 2.75) is 45.6 Å². The van der Waals surface area contributed by atoms with E-state index in [2.05, 4.69) is 15.6 Å². The number of hydrogen-bond donors (Lipinski definition) is 3. The minimum absolute atomic E-state index is 0.165. The number of nitrogens with one attached hydrogen (secondary N) is 2. The van der Waals surface area contributed by atoms with Gasteiger partial charge >= 0.3 is 6.09 Å². The monoisotopic (exact) mass is 542 g/mol. The summed E-state index contributed by atoms with van der Waals surface area (Å²) in [5.74, 6) is -1.00. The van der Waals surface area contributed by atoms with Crippen LogP contribution in [-0.4, -0.2) is 39.4 Å². The molecule has 0 fully saturated rings. The Hall–Kier alpha value is -4.53. The average Bonchev–Trinajstić information content (AvgIpc) is 2.92. The molecule has 0 saturated heterocycles. The van der Waals surface area contributed by atoms with Gasteiger partial charge in [-0.2, -0.15) is 0 Å². The van der Waals surface area contributed by atoms with Crippen LogP contribution in [0.4, 0.5) is 20.6 Å². The third kappa shape index (κ3) is 5.73. The molecule has 8 nitrogen and oxygen atoms in total. The third-order valence-corrected chi connectivity index (χ3v) is 7.57. The van der Waals surface area contributed by atoms with Gasteiger partial charge in [0, 0.05) is 41.5 Å². The maximum atomic E-state index is 14.6. The van der Waals surface area contributed by atoms with Gasteiger partial charge in [0.2, 0.25) is 11.8 Å². The van der Waals surface area contributed by atoms with Gasteiger partial charge in [0.25, 0.3) is 0 Å². The molecule has 0 saturated carbocycles. The molecule has 40 heavy (non-hydrogen) atoms. The number of fused-ring (bicyclic) bond motifs is 4. The van der Waals surface area contributed by atoms with Crippen LogP contribution in [0, 0.1) is 18.7 Å². The van der Waals surface area contributed by atoms with Gasteiger partial charge in [0.1, 0.15) is 5.82 Å². The van der Waals surface area contributed by atoms with Gasteiger partial charge in [-0.15, -0.1) is 0 Å². The maximum absolute atomic E-state index is 14.6. The Labute approximate surface area is 231 Å².